The van der Waals surface area contributed by atoms with Gasteiger partial charge in [-0.15, -0.1) is 0 Å². The molecular weight excluding hydrogens is 256 g/mol. The van der Waals surface area contributed by atoms with Crippen LogP contribution in [0.4, 0.5) is 0 Å². The maximum absolute atomic E-state index is 12.5. The van der Waals surface area contributed by atoms with Gasteiger partial charge in [0, 0.05) is 11.8 Å². The van der Waals surface area contributed by atoms with Gasteiger partial charge in [-0.1, -0.05) is 38.8 Å². The largest absolute Gasteiger partial charge is 0.299 e. The molecule has 4 aliphatic rings. The summed E-state index contributed by atoms with van der Waals surface area (Å²) < 4.78 is 0. The van der Waals surface area contributed by atoms with Crippen molar-refractivity contribution in [1.82, 2.24) is 0 Å². The highest BCUT2D eigenvalue weighted by molar-refractivity contribution is 5.90. The van der Waals surface area contributed by atoms with Gasteiger partial charge in [0.15, 0.2) is 0 Å². The molecule has 4 fully saturated rings. The van der Waals surface area contributed by atoms with Gasteiger partial charge < -0.3 is 0 Å². The molecule has 0 unspecified atom stereocenters. The van der Waals surface area contributed by atoms with E-state index in [0.717, 1.165) is 24.2 Å². The van der Waals surface area contributed by atoms with E-state index in [2.05, 4.69) is 20.4 Å². The molecule has 0 radical (unpaired) electrons. The number of ketones is 1. The number of Topliss-reactive ketones (excluding diaryl/α,β-unsaturated/α-hetero) is 1. The van der Waals surface area contributed by atoms with Crippen LogP contribution >= 0.6 is 0 Å². The highest BCUT2D eigenvalue weighted by atomic mass is 16.1. The maximum atomic E-state index is 12.5. The summed E-state index contributed by atoms with van der Waals surface area (Å²) in [5.74, 6) is 3.57. The van der Waals surface area contributed by atoms with Crippen LogP contribution in [0.1, 0.15) is 71.6 Å². The molecule has 0 amide bonds. The van der Waals surface area contributed by atoms with Crippen LogP contribution in [0, 0.1) is 34.5 Å². The van der Waals surface area contributed by atoms with Gasteiger partial charge >= 0.3 is 0 Å². The number of hydrogen-bond acceptors (Lipinski definition) is 1. The lowest BCUT2D eigenvalue weighted by molar-refractivity contribution is -0.137. The fourth-order valence-electron chi connectivity index (χ4n) is 7.09. The molecule has 0 aliphatic heterocycles. The average molecular weight is 286 g/mol. The van der Waals surface area contributed by atoms with Crippen molar-refractivity contribution in [3.63, 3.8) is 0 Å². The van der Waals surface area contributed by atoms with Crippen molar-refractivity contribution >= 4 is 5.78 Å². The van der Waals surface area contributed by atoms with Crippen molar-refractivity contribution in [2.45, 2.75) is 71.6 Å². The number of allylic oxidation sites excluding steroid dienone is 1. The molecular formula is C20H30O. The monoisotopic (exact) mass is 286 g/mol. The summed E-state index contributed by atoms with van der Waals surface area (Å²) in [5, 5.41) is 0. The Morgan fingerprint density at radius 3 is 2.67 bits per heavy atom. The van der Waals surface area contributed by atoms with Crippen molar-refractivity contribution in [2.75, 3.05) is 0 Å². The standard InChI is InChI=1S/C20H30O/c1-13-12-17(21)20(3)11-9-16-15(18(13)20)8-7-14-6-4-5-10-19(14,16)2/h14-16,18H,1,4-12H2,2-3H3/t14-,15-,16+,18+,19+,20-/m1/s1. The maximum Gasteiger partial charge on any atom is 0.143 e. The van der Waals surface area contributed by atoms with Gasteiger partial charge in [-0.2, -0.15) is 0 Å². The van der Waals surface area contributed by atoms with Gasteiger partial charge in [-0.3, -0.25) is 4.79 Å². The Balaban J connectivity index is 1.70. The van der Waals surface area contributed by atoms with Gasteiger partial charge in [0.2, 0.25) is 0 Å². The zero-order chi connectivity index (χ0) is 14.8. The minimum Gasteiger partial charge on any atom is -0.299 e. The molecule has 0 aromatic carbocycles. The molecule has 0 N–H and O–H groups in total. The Morgan fingerprint density at radius 1 is 1.05 bits per heavy atom. The van der Waals surface area contributed by atoms with Crippen molar-refractivity contribution in [3.8, 4) is 0 Å². The number of carbonyl (C=O) groups is 1. The summed E-state index contributed by atoms with van der Waals surface area (Å²) >= 11 is 0. The van der Waals surface area contributed by atoms with E-state index in [-0.39, 0.29) is 5.41 Å². The molecule has 4 rings (SSSR count). The van der Waals surface area contributed by atoms with Crippen LogP contribution in [0.25, 0.3) is 0 Å². The van der Waals surface area contributed by atoms with E-state index in [1.54, 1.807) is 0 Å². The molecule has 4 saturated carbocycles. The molecule has 0 aromatic rings. The van der Waals surface area contributed by atoms with Gasteiger partial charge in [-0.25, -0.2) is 0 Å². The summed E-state index contributed by atoms with van der Waals surface area (Å²) in [7, 11) is 0. The minimum absolute atomic E-state index is 0.0594. The van der Waals surface area contributed by atoms with Crippen molar-refractivity contribution < 1.29 is 4.79 Å². The summed E-state index contributed by atoms with van der Waals surface area (Å²) in [6.07, 6.45) is 11.6. The lowest BCUT2D eigenvalue weighted by atomic mass is 9.45. The Hall–Kier alpha value is -0.590. The Bertz CT molecular complexity index is 492. The molecule has 1 nitrogen and oxygen atoms in total. The molecule has 0 bridgehead atoms. The van der Waals surface area contributed by atoms with Crippen molar-refractivity contribution in [1.29, 1.82) is 0 Å². The van der Waals surface area contributed by atoms with Crippen LogP contribution in [0.2, 0.25) is 0 Å². The molecule has 0 aromatic heterocycles. The molecule has 1 heteroatoms. The lowest BCUT2D eigenvalue weighted by Gasteiger charge is -2.59. The molecule has 6 atom stereocenters. The van der Waals surface area contributed by atoms with Crippen LogP contribution < -0.4 is 0 Å². The van der Waals surface area contributed by atoms with E-state index >= 15 is 0 Å². The quantitative estimate of drug-likeness (QED) is 0.562. The molecule has 116 valence electrons. The summed E-state index contributed by atoms with van der Waals surface area (Å²) in [6.45, 7) is 9.18. The third kappa shape index (κ3) is 1.72. The topological polar surface area (TPSA) is 17.1 Å². The summed E-state index contributed by atoms with van der Waals surface area (Å²) in [5.41, 5.74) is 1.78. The fraction of sp³-hybridized carbons (Fsp3) is 0.850. The summed E-state index contributed by atoms with van der Waals surface area (Å²) in [4.78, 5) is 12.5. The Kier molecular flexibility index (Phi) is 2.98. The Labute approximate surface area is 129 Å². The van der Waals surface area contributed by atoms with Gasteiger partial charge in [0.1, 0.15) is 5.78 Å². The predicted octanol–water partition coefficient (Wildman–Crippen LogP) is 5.15. The van der Waals surface area contributed by atoms with E-state index in [1.807, 2.05) is 0 Å². The first-order valence-corrected chi connectivity index (χ1v) is 9.18. The van der Waals surface area contributed by atoms with Crippen molar-refractivity contribution in [3.05, 3.63) is 12.2 Å². The second-order valence-corrected chi connectivity index (χ2v) is 8.99. The Morgan fingerprint density at radius 2 is 1.86 bits per heavy atom. The smallest absolute Gasteiger partial charge is 0.143 e. The second kappa shape index (κ2) is 4.46. The predicted molar refractivity (Wildman–Crippen MR) is 85.9 cm³/mol. The molecule has 0 spiro atoms. The first-order chi connectivity index (χ1) is 9.97. The highest BCUT2D eigenvalue weighted by Crippen LogP contribution is 2.66. The van der Waals surface area contributed by atoms with E-state index < -0.39 is 0 Å². The van der Waals surface area contributed by atoms with Crippen LogP contribution in [-0.4, -0.2) is 5.78 Å². The van der Waals surface area contributed by atoms with E-state index in [9.17, 15) is 4.79 Å². The first-order valence-electron chi connectivity index (χ1n) is 9.18. The zero-order valence-corrected chi connectivity index (χ0v) is 13.8. The minimum atomic E-state index is -0.0594. The number of fused-ring (bicyclic) bond motifs is 5. The molecule has 4 aliphatic carbocycles. The average Bonchev–Trinajstić information content (AvgIpc) is 2.68. The SMILES string of the molecule is C=C1CC(=O)[C@@]2(C)CC[C@H]3[C@@H](CC[C@H]4CCCC[C@@]43C)[C@H]12. The van der Waals surface area contributed by atoms with E-state index in [0.29, 0.717) is 23.5 Å². The molecule has 21 heavy (non-hydrogen) atoms. The normalized spacial score (nSPS) is 53.0. The second-order valence-electron chi connectivity index (χ2n) is 8.99. The van der Waals surface area contributed by atoms with Gasteiger partial charge in [-0.05, 0) is 67.6 Å². The highest BCUT2D eigenvalue weighted by Gasteiger charge is 2.60. The van der Waals surface area contributed by atoms with Gasteiger partial charge in [0.05, 0.1) is 0 Å². The number of carbonyl (C=O) groups excluding carboxylic acids is 1. The van der Waals surface area contributed by atoms with Crippen LogP contribution in [0.15, 0.2) is 12.2 Å². The third-order valence-corrected chi connectivity index (χ3v) is 8.22. The third-order valence-electron chi connectivity index (χ3n) is 8.22. The van der Waals surface area contributed by atoms with Crippen LogP contribution in [0.3, 0.4) is 0 Å². The van der Waals surface area contributed by atoms with Crippen molar-refractivity contribution in [2.24, 2.45) is 34.5 Å². The lowest BCUT2D eigenvalue weighted by Crippen LogP contribution is -2.53. The zero-order valence-electron chi connectivity index (χ0n) is 13.8. The fourth-order valence-corrected chi connectivity index (χ4v) is 7.09. The summed E-state index contributed by atoms with van der Waals surface area (Å²) in [6, 6.07) is 0. The molecule has 0 saturated heterocycles. The van der Waals surface area contributed by atoms with Crippen LogP contribution in [-0.2, 0) is 4.79 Å². The number of hydrogen-bond donors (Lipinski definition) is 0. The molecule has 0 heterocycles. The van der Waals surface area contributed by atoms with Gasteiger partial charge in [0.25, 0.3) is 0 Å². The van der Waals surface area contributed by atoms with E-state index in [1.165, 1.54) is 50.5 Å². The first kappa shape index (κ1) is 14.0. The number of rotatable bonds is 0. The van der Waals surface area contributed by atoms with E-state index in [4.69, 9.17) is 0 Å². The van der Waals surface area contributed by atoms with Crippen LogP contribution in [0.5, 0.6) is 0 Å².